The summed E-state index contributed by atoms with van der Waals surface area (Å²) in [6, 6.07) is 12.7. The Kier molecular flexibility index (Phi) is 5.67. The van der Waals surface area contributed by atoms with Gasteiger partial charge >= 0.3 is 0 Å². The maximum absolute atomic E-state index is 12.1. The van der Waals surface area contributed by atoms with Crippen LogP contribution in [-0.4, -0.2) is 38.2 Å². The quantitative estimate of drug-likeness (QED) is 0.572. The topological polar surface area (TPSA) is 80.0 Å². The number of aromatic nitrogens is 3. The fourth-order valence-electron chi connectivity index (χ4n) is 2.52. The second kappa shape index (κ2) is 7.96. The van der Waals surface area contributed by atoms with Gasteiger partial charge in [0.15, 0.2) is 5.82 Å². The van der Waals surface area contributed by atoms with Gasteiger partial charge in [-0.1, -0.05) is 18.2 Å². The summed E-state index contributed by atoms with van der Waals surface area (Å²) >= 11 is 2.26. The predicted octanol–water partition coefficient (Wildman–Crippen LogP) is 2.86. The van der Waals surface area contributed by atoms with E-state index < -0.39 is 0 Å². The fourth-order valence-corrected chi connectivity index (χ4v) is 3.18. The van der Waals surface area contributed by atoms with Gasteiger partial charge in [0.25, 0.3) is 5.91 Å². The number of aliphatic hydroxyl groups excluding tert-OH is 1. The predicted molar refractivity (Wildman–Crippen MR) is 109 cm³/mol. The molecule has 0 bridgehead atoms. The molecule has 26 heavy (non-hydrogen) atoms. The number of aliphatic hydroxyl groups is 1. The molecule has 2 aromatic heterocycles. The van der Waals surface area contributed by atoms with E-state index in [9.17, 15) is 4.79 Å². The van der Waals surface area contributed by atoms with Gasteiger partial charge in [-0.3, -0.25) is 9.78 Å². The summed E-state index contributed by atoms with van der Waals surface area (Å²) in [4.78, 5) is 21.2. The smallest absolute Gasteiger partial charge is 0.251 e. The maximum atomic E-state index is 12.1. The zero-order valence-corrected chi connectivity index (χ0v) is 16.6. The normalized spacial score (nSPS) is 12.0. The molecule has 0 spiro atoms. The molecule has 7 heteroatoms. The van der Waals surface area contributed by atoms with Crippen LogP contribution in [-0.2, 0) is 7.05 Å². The number of imidazole rings is 1. The number of pyridine rings is 1. The molecule has 134 valence electrons. The summed E-state index contributed by atoms with van der Waals surface area (Å²) in [5.74, 6) is 0.589. The molecule has 0 aliphatic rings. The van der Waals surface area contributed by atoms with E-state index in [1.54, 1.807) is 25.3 Å². The Morgan fingerprint density at radius 3 is 2.62 bits per heavy atom. The number of benzene rings is 1. The van der Waals surface area contributed by atoms with Gasteiger partial charge in [-0.05, 0) is 53.8 Å². The molecule has 1 atom stereocenters. The van der Waals surface area contributed by atoms with Gasteiger partial charge < -0.3 is 15.0 Å². The molecule has 3 rings (SSSR count). The van der Waals surface area contributed by atoms with Crippen LogP contribution in [0, 0.1) is 3.70 Å². The lowest BCUT2D eigenvalue weighted by atomic mass is 10.1. The first-order chi connectivity index (χ1) is 12.5. The standard InChI is InChI=1S/C19H19IN4O2/c1-12(11-25)22-19(26)14-8-6-13(7-9-14)16-17(20)24(2)18(23-16)15-5-3-4-10-21-15/h3-10,12,25H,11H2,1-2H3,(H,22,26). The number of amides is 1. The van der Waals surface area contributed by atoms with Crippen molar-refractivity contribution in [2.45, 2.75) is 13.0 Å². The van der Waals surface area contributed by atoms with Gasteiger partial charge in [0, 0.05) is 30.4 Å². The first-order valence-corrected chi connectivity index (χ1v) is 9.25. The van der Waals surface area contributed by atoms with Gasteiger partial charge in [-0.15, -0.1) is 0 Å². The van der Waals surface area contributed by atoms with E-state index in [-0.39, 0.29) is 18.6 Å². The second-order valence-electron chi connectivity index (χ2n) is 5.98. The van der Waals surface area contributed by atoms with E-state index >= 15 is 0 Å². The molecule has 0 radical (unpaired) electrons. The Hall–Kier alpha value is -2.26. The molecule has 2 N–H and O–H groups in total. The molecule has 3 aromatic rings. The molecule has 0 fully saturated rings. The van der Waals surface area contributed by atoms with Crippen LogP contribution in [0.5, 0.6) is 0 Å². The minimum absolute atomic E-state index is 0.0910. The van der Waals surface area contributed by atoms with Crippen molar-refractivity contribution in [1.82, 2.24) is 19.9 Å². The molecule has 1 aromatic carbocycles. The maximum Gasteiger partial charge on any atom is 0.251 e. The molecule has 0 aliphatic heterocycles. The molecule has 0 saturated carbocycles. The number of hydrogen-bond donors (Lipinski definition) is 2. The van der Waals surface area contributed by atoms with Crippen LogP contribution >= 0.6 is 22.6 Å². The molecular weight excluding hydrogens is 443 g/mol. The zero-order valence-electron chi connectivity index (χ0n) is 14.5. The van der Waals surface area contributed by atoms with Gasteiger partial charge in [-0.2, -0.15) is 0 Å². The monoisotopic (exact) mass is 462 g/mol. The molecular formula is C19H19IN4O2. The number of halogens is 1. The third kappa shape index (κ3) is 3.78. The van der Waals surface area contributed by atoms with Crippen LogP contribution in [0.3, 0.4) is 0 Å². The summed E-state index contributed by atoms with van der Waals surface area (Å²) in [6.45, 7) is 1.66. The average molecular weight is 462 g/mol. The SMILES string of the molecule is CC(CO)NC(=O)c1ccc(-c2nc(-c3ccccn3)n(C)c2I)cc1. The lowest BCUT2D eigenvalue weighted by Crippen LogP contribution is -2.34. The Bertz CT molecular complexity index is 907. The minimum Gasteiger partial charge on any atom is -0.394 e. The summed E-state index contributed by atoms with van der Waals surface area (Å²) in [7, 11) is 1.96. The Morgan fingerprint density at radius 1 is 1.27 bits per heavy atom. The summed E-state index contributed by atoms with van der Waals surface area (Å²) < 4.78 is 3.00. The van der Waals surface area contributed by atoms with E-state index in [2.05, 4.69) is 32.9 Å². The van der Waals surface area contributed by atoms with Gasteiger partial charge in [-0.25, -0.2) is 4.98 Å². The van der Waals surface area contributed by atoms with E-state index in [4.69, 9.17) is 10.1 Å². The number of nitrogens with one attached hydrogen (secondary N) is 1. The van der Waals surface area contributed by atoms with Gasteiger partial charge in [0.05, 0.1) is 6.61 Å². The van der Waals surface area contributed by atoms with Crippen LogP contribution in [0.1, 0.15) is 17.3 Å². The Balaban J connectivity index is 1.89. The van der Waals surface area contributed by atoms with E-state index in [1.807, 2.05) is 41.9 Å². The second-order valence-corrected chi connectivity index (χ2v) is 7.01. The van der Waals surface area contributed by atoms with Gasteiger partial charge in [0.1, 0.15) is 15.1 Å². The van der Waals surface area contributed by atoms with Crippen molar-refractivity contribution < 1.29 is 9.90 Å². The van der Waals surface area contributed by atoms with E-state index in [1.165, 1.54) is 0 Å². The van der Waals surface area contributed by atoms with Crippen molar-refractivity contribution in [3.05, 3.63) is 57.9 Å². The van der Waals surface area contributed by atoms with Crippen molar-refractivity contribution in [3.63, 3.8) is 0 Å². The van der Waals surface area contributed by atoms with Crippen molar-refractivity contribution in [2.24, 2.45) is 7.05 Å². The Morgan fingerprint density at radius 2 is 2.00 bits per heavy atom. The Labute approximate surface area is 165 Å². The third-order valence-electron chi connectivity index (χ3n) is 3.99. The number of carbonyl (C=O) groups is 1. The van der Waals surface area contributed by atoms with Crippen LogP contribution in [0.25, 0.3) is 22.8 Å². The molecule has 2 heterocycles. The highest BCUT2D eigenvalue weighted by Crippen LogP contribution is 2.29. The number of carbonyl (C=O) groups excluding carboxylic acids is 1. The molecule has 0 saturated heterocycles. The lowest BCUT2D eigenvalue weighted by Gasteiger charge is -2.10. The summed E-state index contributed by atoms with van der Waals surface area (Å²) in [6.07, 6.45) is 1.75. The van der Waals surface area contributed by atoms with E-state index in [0.29, 0.717) is 5.56 Å². The summed E-state index contributed by atoms with van der Waals surface area (Å²) in [5, 5.41) is 11.8. The summed E-state index contributed by atoms with van der Waals surface area (Å²) in [5.41, 5.74) is 3.14. The van der Waals surface area contributed by atoms with Crippen molar-refractivity contribution >= 4 is 28.5 Å². The largest absolute Gasteiger partial charge is 0.394 e. The van der Waals surface area contributed by atoms with Crippen molar-refractivity contribution in [3.8, 4) is 22.8 Å². The van der Waals surface area contributed by atoms with Crippen molar-refractivity contribution in [2.75, 3.05) is 6.61 Å². The zero-order chi connectivity index (χ0) is 18.7. The lowest BCUT2D eigenvalue weighted by molar-refractivity contribution is 0.0922. The highest BCUT2D eigenvalue weighted by atomic mass is 127. The first kappa shape index (κ1) is 18.5. The first-order valence-electron chi connectivity index (χ1n) is 8.17. The molecule has 1 amide bonds. The minimum atomic E-state index is -0.278. The highest BCUT2D eigenvalue weighted by Gasteiger charge is 2.17. The number of nitrogens with zero attached hydrogens (tertiary/aromatic N) is 3. The molecule has 0 aliphatic carbocycles. The average Bonchev–Trinajstić information content (AvgIpc) is 2.97. The van der Waals surface area contributed by atoms with Crippen molar-refractivity contribution in [1.29, 1.82) is 0 Å². The highest BCUT2D eigenvalue weighted by molar-refractivity contribution is 14.1. The number of rotatable bonds is 5. The van der Waals surface area contributed by atoms with Crippen LogP contribution in [0.2, 0.25) is 0 Å². The van der Waals surface area contributed by atoms with Crippen LogP contribution in [0.4, 0.5) is 0 Å². The number of hydrogen-bond acceptors (Lipinski definition) is 4. The van der Waals surface area contributed by atoms with Gasteiger partial charge in [0.2, 0.25) is 0 Å². The molecule has 1 unspecified atom stereocenters. The van der Waals surface area contributed by atoms with E-state index in [0.717, 1.165) is 26.5 Å². The molecule has 6 nitrogen and oxygen atoms in total. The third-order valence-corrected chi connectivity index (χ3v) is 5.23. The van der Waals surface area contributed by atoms with Crippen LogP contribution < -0.4 is 5.32 Å². The van der Waals surface area contributed by atoms with Crippen LogP contribution in [0.15, 0.2) is 48.7 Å². The fraction of sp³-hybridized carbons (Fsp3) is 0.211.